The number of aromatic carboxylic acids is 1. The van der Waals surface area contributed by atoms with Crippen LogP contribution in [0.15, 0.2) is 11.4 Å². The standard InChI is InChI=1S/C12H15NO5S/c1-8-5-13(2-3-17-8)11(14)6-18-9-4-10(12(15)16)19-7-9/h4,7-8H,2-3,5-6H2,1H3,(H,15,16). The molecule has 2 heterocycles. The Balaban J connectivity index is 1.84. The van der Waals surface area contributed by atoms with Crippen molar-refractivity contribution in [1.29, 1.82) is 0 Å². The van der Waals surface area contributed by atoms with Gasteiger partial charge in [-0.25, -0.2) is 4.79 Å². The first-order valence-corrected chi connectivity index (χ1v) is 6.78. The van der Waals surface area contributed by atoms with Crippen LogP contribution in [0.5, 0.6) is 5.75 Å². The van der Waals surface area contributed by atoms with Gasteiger partial charge in [-0.3, -0.25) is 4.79 Å². The van der Waals surface area contributed by atoms with E-state index in [1.54, 1.807) is 10.3 Å². The summed E-state index contributed by atoms with van der Waals surface area (Å²) in [6.07, 6.45) is 0.0393. The number of carboxylic acids is 1. The Labute approximate surface area is 114 Å². The molecule has 6 nitrogen and oxygen atoms in total. The van der Waals surface area contributed by atoms with Gasteiger partial charge in [0.25, 0.3) is 5.91 Å². The van der Waals surface area contributed by atoms with Gasteiger partial charge in [0, 0.05) is 24.5 Å². The molecule has 0 radical (unpaired) electrons. The molecule has 1 aliphatic rings. The molecule has 0 bridgehead atoms. The van der Waals surface area contributed by atoms with Crippen molar-refractivity contribution in [3.8, 4) is 5.75 Å². The van der Waals surface area contributed by atoms with Crippen LogP contribution in [-0.2, 0) is 9.53 Å². The maximum Gasteiger partial charge on any atom is 0.346 e. The molecule has 1 atom stereocenters. The zero-order chi connectivity index (χ0) is 13.8. The van der Waals surface area contributed by atoms with Crippen LogP contribution in [0.1, 0.15) is 16.6 Å². The highest BCUT2D eigenvalue weighted by atomic mass is 32.1. The van der Waals surface area contributed by atoms with E-state index in [9.17, 15) is 9.59 Å². The summed E-state index contributed by atoms with van der Waals surface area (Å²) in [4.78, 5) is 24.5. The SMILES string of the molecule is CC1CN(C(=O)COc2csc(C(=O)O)c2)CCO1. The highest BCUT2D eigenvalue weighted by Crippen LogP contribution is 2.21. The maximum absolute atomic E-state index is 11.9. The first kappa shape index (κ1) is 13.8. The molecule has 19 heavy (non-hydrogen) atoms. The Morgan fingerprint density at radius 3 is 3.05 bits per heavy atom. The number of rotatable bonds is 4. The molecule has 7 heteroatoms. The molecule has 1 amide bonds. The molecule has 1 unspecified atom stereocenters. The zero-order valence-electron chi connectivity index (χ0n) is 10.5. The average molecular weight is 285 g/mol. The molecule has 2 rings (SSSR count). The molecule has 1 fully saturated rings. The van der Waals surface area contributed by atoms with Crippen LogP contribution >= 0.6 is 11.3 Å². The minimum Gasteiger partial charge on any atom is -0.483 e. The lowest BCUT2D eigenvalue weighted by molar-refractivity contribution is -0.140. The Morgan fingerprint density at radius 2 is 2.42 bits per heavy atom. The number of nitrogens with zero attached hydrogens (tertiary/aromatic N) is 1. The Morgan fingerprint density at radius 1 is 1.63 bits per heavy atom. The van der Waals surface area contributed by atoms with Gasteiger partial charge >= 0.3 is 5.97 Å². The zero-order valence-corrected chi connectivity index (χ0v) is 11.3. The second kappa shape index (κ2) is 6.03. The van der Waals surface area contributed by atoms with Gasteiger partial charge in [0.2, 0.25) is 0 Å². The third-order valence-electron chi connectivity index (χ3n) is 2.74. The number of thiophene rings is 1. The van der Waals surface area contributed by atoms with E-state index in [1.807, 2.05) is 6.92 Å². The van der Waals surface area contributed by atoms with Crippen molar-refractivity contribution in [3.05, 3.63) is 16.3 Å². The Hall–Kier alpha value is -1.60. The van der Waals surface area contributed by atoms with Crippen molar-refractivity contribution in [2.24, 2.45) is 0 Å². The minimum atomic E-state index is -0.992. The summed E-state index contributed by atoms with van der Waals surface area (Å²) in [5, 5.41) is 10.4. The predicted octanol–water partition coefficient (Wildman–Crippen LogP) is 1.07. The van der Waals surface area contributed by atoms with Crippen LogP contribution in [0.2, 0.25) is 0 Å². The lowest BCUT2D eigenvalue weighted by Crippen LogP contribution is -2.46. The summed E-state index contributed by atoms with van der Waals surface area (Å²) in [6, 6.07) is 1.42. The van der Waals surface area contributed by atoms with E-state index in [0.717, 1.165) is 11.3 Å². The van der Waals surface area contributed by atoms with E-state index in [4.69, 9.17) is 14.6 Å². The van der Waals surface area contributed by atoms with E-state index in [1.165, 1.54) is 6.07 Å². The number of ether oxygens (including phenoxy) is 2. The molecule has 104 valence electrons. The Kier molecular flexibility index (Phi) is 4.39. The number of morpholine rings is 1. The number of carbonyl (C=O) groups is 2. The highest BCUT2D eigenvalue weighted by Gasteiger charge is 2.21. The third kappa shape index (κ3) is 3.68. The van der Waals surface area contributed by atoms with Crippen molar-refractivity contribution < 1.29 is 24.2 Å². The third-order valence-corrected chi connectivity index (χ3v) is 3.64. The van der Waals surface area contributed by atoms with Crippen LogP contribution in [0.4, 0.5) is 0 Å². The lowest BCUT2D eigenvalue weighted by Gasteiger charge is -2.31. The molecule has 1 saturated heterocycles. The van der Waals surface area contributed by atoms with Crippen molar-refractivity contribution in [2.75, 3.05) is 26.3 Å². The van der Waals surface area contributed by atoms with Crippen LogP contribution < -0.4 is 4.74 Å². The fraction of sp³-hybridized carbons (Fsp3) is 0.500. The van der Waals surface area contributed by atoms with Gasteiger partial charge in [0.1, 0.15) is 10.6 Å². The molecule has 1 aliphatic heterocycles. The molecule has 1 N–H and O–H groups in total. The molecule has 1 aromatic heterocycles. The Bertz CT molecular complexity index is 472. The molecule has 0 saturated carbocycles. The number of carbonyl (C=O) groups excluding carboxylic acids is 1. The normalized spacial score (nSPS) is 19.2. The molecule has 0 aromatic carbocycles. The van der Waals surface area contributed by atoms with Gasteiger partial charge in [0.15, 0.2) is 6.61 Å². The maximum atomic E-state index is 11.9. The second-order valence-electron chi connectivity index (χ2n) is 4.26. The van der Waals surface area contributed by atoms with E-state index >= 15 is 0 Å². The van der Waals surface area contributed by atoms with Gasteiger partial charge in [-0.05, 0) is 6.92 Å². The van der Waals surface area contributed by atoms with Crippen LogP contribution in [0.3, 0.4) is 0 Å². The molecular formula is C12H15NO5S. The van der Waals surface area contributed by atoms with Crippen molar-refractivity contribution >= 4 is 23.2 Å². The monoisotopic (exact) mass is 285 g/mol. The topological polar surface area (TPSA) is 76.1 Å². The fourth-order valence-corrected chi connectivity index (χ4v) is 2.45. The highest BCUT2D eigenvalue weighted by molar-refractivity contribution is 7.12. The number of hydrogen-bond acceptors (Lipinski definition) is 5. The summed E-state index contributed by atoms with van der Waals surface area (Å²) in [6.45, 7) is 3.50. The first-order valence-electron chi connectivity index (χ1n) is 5.90. The summed E-state index contributed by atoms with van der Waals surface area (Å²) < 4.78 is 10.7. The van der Waals surface area contributed by atoms with Gasteiger partial charge in [-0.15, -0.1) is 11.3 Å². The number of amides is 1. The largest absolute Gasteiger partial charge is 0.483 e. The van der Waals surface area contributed by atoms with Gasteiger partial charge in [0.05, 0.1) is 12.7 Å². The molecular weight excluding hydrogens is 270 g/mol. The summed E-state index contributed by atoms with van der Waals surface area (Å²) in [7, 11) is 0. The first-order chi connectivity index (χ1) is 9.06. The van der Waals surface area contributed by atoms with Crippen LogP contribution in [-0.4, -0.2) is 54.3 Å². The van der Waals surface area contributed by atoms with Gasteiger partial charge < -0.3 is 19.5 Å². The van der Waals surface area contributed by atoms with E-state index in [0.29, 0.717) is 25.4 Å². The van der Waals surface area contributed by atoms with Crippen LogP contribution in [0, 0.1) is 0 Å². The second-order valence-corrected chi connectivity index (χ2v) is 5.17. The van der Waals surface area contributed by atoms with Crippen molar-refractivity contribution in [2.45, 2.75) is 13.0 Å². The van der Waals surface area contributed by atoms with Gasteiger partial charge in [-0.1, -0.05) is 0 Å². The van der Waals surface area contributed by atoms with E-state index in [2.05, 4.69) is 0 Å². The molecule has 0 aliphatic carbocycles. The summed E-state index contributed by atoms with van der Waals surface area (Å²) in [5.74, 6) is -0.691. The molecule has 1 aromatic rings. The van der Waals surface area contributed by atoms with E-state index in [-0.39, 0.29) is 23.5 Å². The summed E-state index contributed by atoms with van der Waals surface area (Å²) >= 11 is 1.08. The minimum absolute atomic E-state index is 0.0393. The number of hydrogen-bond donors (Lipinski definition) is 1. The van der Waals surface area contributed by atoms with Crippen LogP contribution in [0.25, 0.3) is 0 Å². The number of carboxylic acid groups (broad SMARTS) is 1. The average Bonchev–Trinajstić information content (AvgIpc) is 2.85. The lowest BCUT2D eigenvalue weighted by atomic mass is 10.3. The predicted molar refractivity (Wildman–Crippen MR) is 68.8 cm³/mol. The fourth-order valence-electron chi connectivity index (χ4n) is 1.79. The smallest absolute Gasteiger partial charge is 0.346 e. The quantitative estimate of drug-likeness (QED) is 0.895. The molecule has 0 spiro atoms. The van der Waals surface area contributed by atoms with Crippen molar-refractivity contribution in [1.82, 2.24) is 4.90 Å². The van der Waals surface area contributed by atoms with E-state index < -0.39 is 5.97 Å². The summed E-state index contributed by atoms with van der Waals surface area (Å²) in [5.41, 5.74) is 0. The van der Waals surface area contributed by atoms with Gasteiger partial charge in [-0.2, -0.15) is 0 Å². The van der Waals surface area contributed by atoms with Crippen molar-refractivity contribution in [3.63, 3.8) is 0 Å².